The minimum atomic E-state index is -4.68. The van der Waals surface area contributed by atoms with Crippen molar-refractivity contribution in [2.24, 2.45) is 5.90 Å². The maximum atomic E-state index is 13.3. The first-order valence-corrected chi connectivity index (χ1v) is 11.0. The Morgan fingerprint density at radius 2 is 1.77 bits per heavy atom. The zero-order chi connectivity index (χ0) is 25.1. The van der Waals surface area contributed by atoms with E-state index in [0.29, 0.717) is 5.56 Å². The van der Waals surface area contributed by atoms with E-state index in [4.69, 9.17) is 11.0 Å². The molecule has 3 aromatic rings. The minimum absolute atomic E-state index is 0. The second kappa shape index (κ2) is 10.9. The van der Waals surface area contributed by atoms with Gasteiger partial charge in [0.15, 0.2) is 5.69 Å². The summed E-state index contributed by atoms with van der Waals surface area (Å²) in [6.45, 7) is 1.13. The number of nitrogens with zero attached hydrogens (tertiary/aromatic N) is 2. The number of rotatable bonds is 9. The van der Waals surface area contributed by atoms with Crippen LogP contribution in [0.5, 0.6) is 0 Å². The molecule has 1 aromatic heterocycles. The highest BCUT2D eigenvalue weighted by molar-refractivity contribution is 7.89. The fourth-order valence-corrected chi connectivity index (χ4v) is 3.63. The molecule has 6 N–H and O–H groups in total. The van der Waals surface area contributed by atoms with Gasteiger partial charge in [0.1, 0.15) is 6.61 Å². The summed E-state index contributed by atoms with van der Waals surface area (Å²) in [5, 5.41) is 12.4. The molecule has 0 saturated heterocycles. The highest BCUT2D eigenvalue weighted by Crippen LogP contribution is 2.33. The molecule has 190 valence electrons. The molecule has 0 saturated carbocycles. The number of nitrogens with one attached hydrogen (secondary N) is 1. The highest BCUT2D eigenvalue weighted by atomic mass is 32.2. The summed E-state index contributed by atoms with van der Waals surface area (Å²) in [7, 11) is -4.25. The van der Waals surface area contributed by atoms with Crippen molar-refractivity contribution in [2.45, 2.75) is 24.1 Å². The maximum Gasteiger partial charge on any atom is 0.435 e. The van der Waals surface area contributed by atoms with Crippen LogP contribution in [-0.2, 0) is 30.7 Å². The molecule has 0 fully saturated rings. The van der Waals surface area contributed by atoms with Crippen LogP contribution in [0.25, 0.3) is 16.9 Å². The second-order valence-electron chi connectivity index (χ2n) is 7.05. The lowest BCUT2D eigenvalue weighted by Gasteiger charge is -2.12. The van der Waals surface area contributed by atoms with E-state index in [0.717, 1.165) is 28.4 Å². The number of aryl methyl sites for hydroxylation is 1. The molecule has 0 aliphatic rings. The molecule has 15 heteroatoms. The molecule has 3 rings (SSSR count). The van der Waals surface area contributed by atoms with E-state index < -0.39 is 40.6 Å². The summed E-state index contributed by atoms with van der Waals surface area (Å²) in [5.74, 6) is 3.32. The average Bonchev–Trinajstić information content (AvgIpc) is 3.23. The molecular weight excluding hydrogens is 497 g/mol. The molecule has 1 heterocycles. The van der Waals surface area contributed by atoms with Crippen molar-refractivity contribution in [1.82, 2.24) is 14.7 Å². The number of carboxylic acid groups (broad SMARTS) is 1. The zero-order valence-electron chi connectivity index (χ0n) is 18.0. The molecular formula is C20H21F3N4O7S. The van der Waals surface area contributed by atoms with Gasteiger partial charge in [-0.05, 0) is 37.3 Å². The fourth-order valence-electron chi connectivity index (χ4n) is 2.82. The number of carbonyl (C=O) groups is 1. The third kappa shape index (κ3) is 6.62. The number of carboxylic acids is 1. The van der Waals surface area contributed by atoms with Crippen molar-refractivity contribution in [3.8, 4) is 16.9 Å². The molecule has 0 aliphatic carbocycles. The Labute approximate surface area is 197 Å². The Balaban J connectivity index is 0.00000432. The average molecular weight is 518 g/mol. The van der Waals surface area contributed by atoms with Gasteiger partial charge in [0.2, 0.25) is 6.10 Å². The van der Waals surface area contributed by atoms with Crippen molar-refractivity contribution >= 4 is 16.0 Å². The lowest BCUT2D eigenvalue weighted by atomic mass is 10.1. The smallest absolute Gasteiger partial charge is 0.435 e. The quantitative estimate of drug-likeness (QED) is 0.358. The number of sulfonamides is 1. The van der Waals surface area contributed by atoms with Gasteiger partial charge in [0.05, 0.1) is 16.3 Å². The largest absolute Gasteiger partial charge is 0.479 e. The van der Waals surface area contributed by atoms with Gasteiger partial charge in [-0.15, -0.1) is 0 Å². The normalized spacial score (nSPS) is 12.7. The first-order valence-electron chi connectivity index (χ1n) is 9.49. The van der Waals surface area contributed by atoms with Crippen molar-refractivity contribution < 1.29 is 46.6 Å². The number of halogens is 3. The van der Waals surface area contributed by atoms with Crippen LogP contribution in [0.4, 0.5) is 13.2 Å². The van der Waals surface area contributed by atoms with Gasteiger partial charge in [0.25, 0.3) is 10.0 Å². The molecule has 0 spiro atoms. The van der Waals surface area contributed by atoms with Crippen LogP contribution in [0.2, 0.25) is 0 Å². The van der Waals surface area contributed by atoms with Crippen LogP contribution in [0, 0.1) is 6.92 Å². The number of nitrogens with two attached hydrogens (primary N) is 1. The molecule has 0 radical (unpaired) electrons. The first kappa shape index (κ1) is 27.9. The van der Waals surface area contributed by atoms with Gasteiger partial charge in [-0.2, -0.15) is 18.3 Å². The SMILES string of the molecule is Cc1ccc(-c2cc(C(F)(F)F)nn2-c2ccc(S(=O)(=O)NOCC(ON)C(=O)O)cc2)cc1.O. The van der Waals surface area contributed by atoms with Gasteiger partial charge in [-0.3, -0.25) is 9.68 Å². The topological polar surface area (TPSA) is 177 Å². The standard InChI is InChI=1S/C20H19F3N4O6S.H2O/c1-12-2-4-13(5-3-12)16-10-18(20(21,22)23)25-27(16)14-6-8-15(9-7-14)34(30,31)26-32-11-17(33-24)19(28)29;/h2-10,17,26H,11,24H2,1H3,(H,28,29);1H2. The molecule has 0 aliphatic heterocycles. The van der Waals surface area contributed by atoms with Crippen molar-refractivity contribution in [3.63, 3.8) is 0 Å². The fraction of sp³-hybridized carbons (Fsp3) is 0.200. The van der Waals surface area contributed by atoms with Crippen molar-refractivity contribution in [2.75, 3.05) is 6.61 Å². The van der Waals surface area contributed by atoms with Crippen molar-refractivity contribution in [1.29, 1.82) is 0 Å². The number of benzene rings is 2. The van der Waals surface area contributed by atoms with Crippen LogP contribution in [0.1, 0.15) is 11.3 Å². The lowest BCUT2D eigenvalue weighted by molar-refractivity contribution is -0.156. The van der Waals surface area contributed by atoms with Crippen LogP contribution >= 0.6 is 0 Å². The molecule has 2 aromatic carbocycles. The van der Waals surface area contributed by atoms with E-state index in [1.807, 2.05) is 6.92 Å². The first-order chi connectivity index (χ1) is 15.9. The molecule has 35 heavy (non-hydrogen) atoms. The van der Waals surface area contributed by atoms with E-state index in [1.165, 1.54) is 12.1 Å². The summed E-state index contributed by atoms with van der Waals surface area (Å²) in [6, 6.07) is 12.5. The predicted octanol–water partition coefficient (Wildman–Crippen LogP) is 1.60. The molecule has 1 unspecified atom stereocenters. The van der Waals surface area contributed by atoms with E-state index in [-0.39, 0.29) is 21.8 Å². The lowest BCUT2D eigenvalue weighted by Crippen LogP contribution is -2.35. The molecule has 11 nitrogen and oxygen atoms in total. The van der Waals surface area contributed by atoms with E-state index in [9.17, 15) is 26.4 Å². The van der Waals surface area contributed by atoms with Gasteiger partial charge in [0, 0.05) is 5.56 Å². The highest BCUT2D eigenvalue weighted by Gasteiger charge is 2.35. The number of hydrogen-bond acceptors (Lipinski definition) is 7. The molecule has 1 atom stereocenters. The van der Waals surface area contributed by atoms with Gasteiger partial charge in [-0.25, -0.2) is 23.8 Å². The molecule has 0 amide bonds. The number of aliphatic carboxylic acids is 1. The third-order valence-corrected chi connectivity index (χ3v) is 5.81. The van der Waals surface area contributed by atoms with Crippen LogP contribution < -0.4 is 10.8 Å². The third-order valence-electron chi connectivity index (χ3n) is 4.58. The second-order valence-corrected chi connectivity index (χ2v) is 8.69. The van der Waals surface area contributed by atoms with Crippen LogP contribution in [0.15, 0.2) is 59.5 Å². The van der Waals surface area contributed by atoms with Crippen molar-refractivity contribution in [3.05, 3.63) is 65.9 Å². The Hall–Kier alpha value is -3.34. The number of alkyl halides is 3. The van der Waals surface area contributed by atoms with E-state index in [1.54, 1.807) is 29.2 Å². The summed E-state index contributed by atoms with van der Waals surface area (Å²) < 4.78 is 65.7. The number of aromatic nitrogens is 2. The maximum absolute atomic E-state index is 13.3. The Bertz CT molecular complexity index is 1260. The van der Waals surface area contributed by atoms with Gasteiger partial charge >= 0.3 is 12.1 Å². The summed E-state index contributed by atoms with van der Waals surface area (Å²) in [5.41, 5.74) is 0.627. The summed E-state index contributed by atoms with van der Waals surface area (Å²) in [6.07, 6.45) is -6.29. The minimum Gasteiger partial charge on any atom is -0.479 e. The van der Waals surface area contributed by atoms with Gasteiger partial charge < -0.3 is 10.6 Å². The Morgan fingerprint density at radius 3 is 2.29 bits per heavy atom. The van der Waals surface area contributed by atoms with Gasteiger partial charge in [-0.1, -0.05) is 34.7 Å². The Morgan fingerprint density at radius 1 is 1.17 bits per heavy atom. The van der Waals surface area contributed by atoms with E-state index in [2.05, 4.69) is 14.8 Å². The van der Waals surface area contributed by atoms with E-state index >= 15 is 0 Å². The zero-order valence-corrected chi connectivity index (χ0v) is 18.8. The Kier molecular flexibility index (Phi) is 8.72. The summed E-state index contributed by atoms with van der Waals surface area (Å²) >= 11 is 0. The van der Waals surface area contributed by atoms with Crippen LogP contribution in [0.3, 0.4) is 0 Å². The predicted molar refractivity (Wildman–Crippen MR) is 115 cm³/mol. The monoisotopic (exact) mass is 518 g/mol. The summed E-state index contributed by atoms with van der Waals surface area (Å²) in [4.78, 5) is 21.0. The molecule has 0 bridgehead atoms. The number of hydrogen-bond donors (Lipinski definition) is 3. The van der Waals surface area contributed by atoms with Crippen LogP contribution in [-0.4, -0.2) is 47.5 Å².